The quantitative estimate of drug-likeness (QED) is 0.493. The molecule has 0 radical (unpaired) electrons. The van der Waals surface area contributed by atoms with E-state index in [2.05, 4.69) is 21.2 Å². The number of fused-ring (bicyclic) bond motifs is 1. The predicted octanol–water partition coefficient (Wildman–Crippen LogP) is 5.52. The van der Waals surface area contributed by atoms with E-state index in [9.17, 15) is 27.6 Å². The van der Waals surface area contributed by atoms with Gasteiger partial charge in [0, 0.05) is 4.47 Å². The second kappa shape index (κ2) is 7.66. The normalized spacial score (nSPS) is 13.4. The zero-order valence-electron chi connectivity index (χ0n) is 15.5. The van der Waals surface area contributed by atoms with Gasteiger partial charge in [0.2, 0.25) is 0 Å². The van der Waals surface area contributed by atoms with E-state index in [1.54, 1.807) is 6.07 Å². The minimum Gasteiger partial charge on any atom is -0.321 e. The van der Waals surface area contributed by atoms with Crippen LogP contribution in [0.4, 0.5) is 24.5 Å². The number of hydrogen-bond donors (Lipinski definition) is 1. The molecule has 0 spiro atoms. The predicted molar refractivity (Wildman–Crippen MR) is 111 cm³/mol. The summed E-state index contributed by atoms with van der Waals surface area (Å²) in [5, 5.41) is 2.24. The zero-order chi connectivity index (χ0) is 22.3. The molecule has 0 saturated carbocycles. The van der Waals surface area contributed by atoms with Gasteiger partial charge in [-0.1, -0.05) is 40.2 Å². The molecule has 0 atom stereocenters. The van der Waals surface area contributed by atoms with Crippen molar-refractivity contribution >= 4 is 45.0 Å². The van der Waals surface area contributed by atoms with Crippen molar-refractivity contribution in [2.75, 3.05) is 10.2 Å². The van der Waals surface area contributed by atoms with Gasteiger partial charge >= 0.3 is 6.18 Å². The van der Waals surface area contributed by atoms with Gasteiger partial charge in [0.05, 0.1) is 33.6 Å². The third-order valence-corrected chi connectivity index (χ3v) is 5.21. The van der Waals surface area contributed by atoms with Crippen molar-refractivity contribution in [3.8, 4) is 0 Å². The maximum atomic E-state index is 13.3. The van der Waals surface area contributed by atoms with Crippen molar-refractivity contribution in [3.05, 3.63) is 93.5 Å². The van der Waals surface area contributed by atoms with E-state index in [4.69, 9.17) is 0 Å². The SMILES string of the molecule is O=C(Nc1ccccc1C(F)(F)F)c1ccccc1N1C(=O)c2ccc(Br)cc2C1=O. The highest BCUT2D eigenvalue weighted by atomic mass is 79.9. The van der Waals surface area contributed by atoms with Crippen molar-refractivity contribution in [1.29, 1.82) is 0 Å². The van der Waals surface area contributed by atoms with Crippen molar-refractivity contribution in [2.45, 2.75) is 6.18 Å². The Morgan fingerprint density at radius 2 is 1.52 bits per heavy atom. The molecule has 0 aromatic heterocycles. The largest absolute Gasteiger partial charge is 0.418 e. The Hall–Kier alpha value is -3.46. The molecular formula is C22H12BrF3N2O3. The van der Waals surface area contributed by atoms with E-state index in [0.717, 1.165) is 17.0 Å². The molecule has 31 heavy (non-hydrogen) atoms. The summed E-state index contributed by atoms with van der Waals surface area (Å²) in [4.78, 5) is 39.5. The lowest BCUT2D eigenvalue weighted by Gasteiger charge is -2.19. The van der Waals surface area contributed by atoms with Crippen molar-refractivity contribution < 1.29 is 27.6 Å². The fourth-order valence-corrected chi connectivity index (χ4v) is 3.68. The maximum absolute atomic E-state index is 13.3. The Bertz CT molecular complexity index is 1240. The fourth-order valence-electron chi connectivity index (χ4n) is 3.32. The average Bonchev–Trinajstić information content (AvgIpc) is 2.97. The minimum absolute atomic E-state index is 0.0215. The molecule has 0 aliphatic carbocycles. The van der Waals surface area contributed by atoms with Gasteiger partial charge in [-0.2, -0.15) is 13.2 Å². The van der Waals surface area contributed by atoms with Crippen molar-refractivity contribution in [3.63, 3.8) is 0 Å². The van der Waals surface area contributed by atoms with Gasteiger partial charge in [0.15, 0.2) is 0 Å². The first-order chi connectivity index (χ1) is 14.7. The Labute approximate surface area is 182 Å². The monoisotopic (exact) mass is 488 g/mol. The molecule has 9 heteroatoms. The van der Waals surface area contributed by atoms with Gasteiger partial charge in [0.25, 0.3) is 17.7 Å². The maximum Gasteiger partial charge on any atom is 0.418 e. The first-order valence-corrected chi connectivity index (χ1v) is 9.72. The number of carbonyl (C=O) groups excluding carboxylic acids is 3. The third kappa shape index (κ3) is 3.72. The Kier molecular flexibility index (Phi) is 5.14. The lowest BCUT2D eigenvalue weighted by Crippen LogP contribution is -2.31. The van der Waals surface area contributed by atoms with E-state index < -0.39 is 35.1 Å². The number of halogens is 4. The van der Waals surface area contributed by atoms with Crippen LogP contribution in [0.15, 0.2) is 71.2 Å². The molecule has 5 nitrogen and oxygen atoms in total. The number of anilines is 2. The number of imide groups is 1. The lowest BCUT2D eigenvalue weighted by atomic mass is 10.1. The Morgan fingerprint density at radius 1 is 0.871 bits per heavy atom. The molecule has 0 saturated heterocycles. The summed E-state index contributed by atoms with van der Waals surface area (Å²) >= 11 is 3.25. The van der Waals surface area contributed by atoms with Gasteiger partial charge in [0.1, 0.15) is 0 Å². The summed E-state index contributed by atoms with van der Waals surface area (Å²) in [6.07, 6.45) is -4.67. The molecule has 4 rings (SSSR count). The first-order valence-electron chi connectivity index (χ1n) is 8.93. The average molecular weight is 489 g/mol. The van der Waals surface area contributed by atoms with Crippen LogP contribution in [0.1, 0.15) is 36.6 Å². The van der Waals surface area contributed by atoms with Crippen LogP contribution in [0.25, 0.3) is 0 Å². The minimum atomic E-state index is -4.67. The number of benzene rings is 3. The number of para-hydroxylation sites is 2. The van der Waals surface area contributed by atoms with Gasteiger partial charge < -0.3 is 5.32 Å². The molecule has 1 N–H and O–H groups in total. The standard InChI is InChI=1S/C22H12BrF3N2O3/c23-12-9-10-13-15(11-12)21(31)28(20(13)30)18-8-4-1-5-14(18)19(29)27-17-7-3-2-6-16(17)22(24,25)26/h1-11H,(H,27,29). The van der Waals surface area contributed by atoms with E-state index in [0.29, 0.717) is 4.47 Å². The molecule has 0 unspecified atom stereocenters. The Balaban J connectivity index is 1.72. The van der Waals surface area contributed by atoms with Crippen LogP contribution in [-0.4, -0.2) is 17.7 Å². The van der Waals surface area contributed by atoms with Gasteiger partial charge in [-0.05, 0) is 42.5 Å². The molecule has 156 valence electrons. The molecule has 1 heterocycles. The molecule has 1 aliphatic rings. The molecule has 1 aliphatic heterocycles. The second-order valence-corrected chi connectivity index (χ2v) is 7.57. The number of nitrogens with zero attached hydrogens (tertiary/aromatic N) is 1. The molecular weight excluding hydrogens is 477 g/mol. The summed E-state index contributed by atoms with van der Waals surface area (Å²) in [6.45, 7) is 0. The van der Waals surface area contributed by atoms with Crippen LogP contribution < -0.4 is 10.2 Å². The highest BCUT2D eigenvalue weighted by Gasteiger charge is 2.39. The van der Waals surface area contributed by atoms with E-state index in [-0.39, 0.29) is 22.4 Å². The summed E-state index contributed by atoms with van der Waals surface area (Å²) in [5.74, 6) is -2.13. The Morgan fingerprint density at radius 3 is 2.26 bits per heavy atom. The van der Waals surface area contributed by atoms with E-state index in [1.807, 2.05) is 0 Å². The van der Waals surface area contributed by atoms with Crippen LogP contribution in [0.5, 0.6) is 0 Å². The molecule has 3 aromatic carbocycles. The number of nitrogens with one attached hydrogen (secondary N) is 1. The van der Waals surface area contributed by atoms with Crippen molar-refractivity contribution in [1.82, 2.24) is 0 Å². The lowest BCUT2D eigenvalue weighted by molar-refractivity contribution is -0.136. The van der Waals surface area contributed by atoms with Gasteiger partial charge in [-0.25, -0.2) is 4.90 Å². The molecule has 0 bridgehead atoms. The summed E-state index contributed by atoms with van der Waals surface area (Å²) in [5.41, 5.74) is -1.24. The van der Waals surface area contributed by atoms with Crippen LogP contribution >= 0.6 is 15.9 Å². The van der Waals surface area contributed by atoms with Crippen LogP contribution in [-0.2, 0) is 6.18 Å². The van der Waals surface area contributed by atoms with E-state index >= 15 is 0 Å². The molecule has 3 amide bonds. The number of carbonyl (C=O) groups is 3. The number of rotatable bonds is 3. The van der Waals surface area contributed by atoms with Gasteiger partial charge in [-0.3, -0.25) is 14.4 Å². The second-order valence-electron chi connectivity index (χ2n) is 6.65. The fraction of sp³-hybridized carbons (Fsp3) is 0.0455. The topological polar surface area (TPSA) is 66.5 Å². The van der Waals surface area contributed by atoms with Crippen LogP contribution in [0, 0.1) is 0 Å². The highest BCUT2D eigenvalue weighted by Crippen LogP contribution is 2.36. The van der Waals surface area contributed by atoms with Crippen molar-refractivity contribution in [2.24, 2.45) is 0 Å². The molecule has 3 aromatic rings. The van der Waals surface area contributed by atoms with Crippen LogP contribution in [0.3, 0.4) is 0 Å². The highest BCUT2D eigenvalue weighted by molar-refractivity contribution is 9.10. The number of hydrogen-bond acceptors (Lipinski definition) is 3. The first kappa shape index (κ1) is 20.8. The number of amides is 3. The van der Waals surface area contributed by atoms with E-state index in [1.165, 1.54) is 48.5 Å². The number of alkyl halides is 3. The smallest absolute Gasteiger partial charge is 0.321 e. The summed E-state index contributed by atoms with van der Waals surface area (Å²) in [6, 6.07) is 14.9. The van der Waals surface area contributed by atoms with Gasteiger partial charge in [-0.15, -0.1) is 0 Å². The van der Waals surface area contributed by atoms with Crippen LogP contribution in [0.2, 0.25) is 0 Å². The molecule has 0 fully saturated rings. The summed E-state index contributed by atoms with van der Waals surface area (Å²) in [7, 11) is 0. The summed E-state index contributed by atoms with van der Waals surface area (Å²) < 4.78 is 40.4. The zero-order valence-corrected chi connectivity index (χ0v) is 17.1. The third-order valence-electron chi connectivity index (χ3n) is 4.72.